The molecule has 55 heavy (non-hydrogen) atoms. The highest BCUT2D eigenvalue weighted by Gasteiger charge is 2.62. The molecule has 3 aliphatic heterocycles. The van der Waals surface area contributed by atoms with Crippen LogP contribution in [0.15, 0.2) is 48.8 Å². The minimum absolute atomic E-state index is 0.113. The predicted octanol–water partition coefficient (Wildman–Crippen LogP) is 3.46. The van der Waals surface area contributed by atoms with Crippen LogP contribution >= 0.6 is 7.75 Å². The van der Waals surface area contributed by atoms with Crippen molar-refractivity contribution in [2.24, 2.45) is 11.8 Å². The molecule has 0 spiro atoms. The zero-order valence-corrected chi connectivity index (χ0v) is 31.6. The van der Waals surface area contributed by atoms with Gasteiger partial charge in [-0.3, -0.25) is 18.9 Å². The lowest BCUT2D eigenvalue weighted by molar-refractivity contribution is -0.177. The molecule has 1 unspecified atom stereocenters. The molecule has 3 aliphatic rings. The van der Waals surface area contributed by atoms with Gasteiger partial charge in [0.15, 0.2) is 18.0 Å². The maximum absolute atomic E-state index is 14.6. The zero-order valence-electron chi connectivity index (χ0n) is 30.7. The molecule has 1 aromatic carbocycles. The molecule has 0 amide bonds. The summed E-state index contributed by atoms with van der Waals surface area (Å²) in [6, 6.07) is 12.1. The van der Waals surface area contributed by atoms with Crippen LogP contribution in [0.3, 0.4) is 0 Å². The fourth-order valence-electron chi connectivity index (χ4n) is 6.56. The number of hydrogen-bond acceptors (Lipinski definition) is 16. The predicted molar refractivity (Wildman–Crippen MR) is 191 cm³/mol. The number of nitriles is 1. The zero-order chi connectivity index (χ0) is 39.2. The highest BCUT2D eigenvalue weighted by molar-refractivity contribution is 7.52. The standard InChI is InChI=1S/C36H45N6O12P/c1-22(2)50-33(43)23(3)41-55(46,54-26-7-5-4-6-8-26)49-20-36(19-37)31(52-35(45)25-13-17-48-18-14-25)30(51-34(44)24-11-15-47-16-12-24)29(53-36)27-9-10-28-32(38)39-21-40-42(27)28/h4-10,21-25,29-31H,11-18,20H2,1-3H3,(H,41,46)(H2,38,39,40)/t23-,29-,30-,31-,36+,55?/m0/s1. The van der Waals surface area contributed by atoms with Gasteiger partial charge in [-0.15, -0.1) is 0 Å². The summed E-state index contributed by atoms with van der Waals surface area (Å²) in [5.74, 6) is -2.93. The molecule has 0 aliphatic carbocycles. The number of nitrogens with one attached hydrogen (secondary N) is 1. The summed E-state index contributed by atoms with van der Waals surface area (Å²) < 4.78 is 62.9. The summed E-state index contributed by atoms with van der Waals surface area (Å²) in [7, 11) is -4.59. The van der Waals surface area contributed by atoms with Crippen molar-refractivity contribution in [2.45, 2.75) is 82.5 Å². The molecule has 3 aromatic rings. The van der Waals surface area contributed by atoms with Crippen LogP contribution in [-0.4, -0.2) is 95.5 Å². The maximum Gasteiger partial charge on any atom is 0.459 e. The van der Waals surface area contributed by atoms with Gasteiger partial charge < -0.3 is 38.7 Å². The third-order valence-electron chi connectivity index (χ3n) is 9.47. The van der Waals surface area contributed by atoms with Crippen molar-refractivity contribution < 1.29 is 56.4 Å². The molecule has 2 aromatic heterocycles. The van der Waals surface area contributed by atoms with Crippen LogP contribution in [0.4, 0.5) is 5.82 Å². The molecule has 3 fully saturated rings. The maximum atomic E-state index is 14.6. The van der Waals surface area contributed by atoms with E-state index in [1.54, 1.807) is 44.2 Å². The second kappa shape index (κ2) is 17.4. The van der Waals surface area contributed by atoms with E-state index in [1.165, 1.54) is 29.9 Å². The molecule has 6 rings (SSSR count). The van der Waals surface area contributed by atoms with E-state index in [-0.39, 0.29) is 17.3 Å². The number of ether oxygens (including phenoxy) is 6. The topological polar surface area (TPSA) is 234 Å². The van der Waals surface area contributed by atoms with E-state index < -0.39 is 80.2 Å². The normalized spacial score (nSPS) is 25.1. The molecular weight excluding hydrogens is 739 g/mol. The van der Waals surface area contributed by atoms with Crippen molar-refractivity contribution in [2.75, 3.05) is 38.8 Å². The molecule has 0 radical (unpaired) electrons. The van der Waals surface area contributed by atoms with E-state index in [4.69, 9.17) is 43.2 Å². The average molecular weight is 785 g/mol. The minimum atomic E-state index is -4.59. The highest BCUT2D eigenvalue weighted by Crippen LogP contribution is 2.50. The lowest BCUT2D eigenvalue weighted by Crippen LogP contribution is -2.51. The Morgan fingerprint density at radius 3 is 2.25 bits per heavy atom. The largest absolute Gasteiger partial charge is 0.462 e. The van der Waals surface area contributed by atoms with Gasteiger partial charge in [0.2, 0.25) is 5.60 Å². The Bertz CT molecular complexity index is 1910. The minimum Gasteiger partial charge on any atom is -0.462 e. The first-order chi connectivity index (χ1) is 26.4. The molecule has 296 valence electrons. The van der Waals surface area contributed by atoms with Crippen molar-refractivity contribution in [3.8, 4) is 11.8 Å². The number of nitrogens with two attached hydrogens (primary N) is 1. The van der Waals surface area contributed by atoms with Gasteiger partial charge in [0, 0.05) is 26.4 Å². The first-order valence-electron chi connectivity index (χ1n) is 18.1. The lowest BCUT2D eigenvalue weighted by atomic mass is 9.94. The summed E-state index contributed by atoms with van der Waals surface area (Å²) in [6.07, 6.45) is -2.16. The second-order valence-corrected chi connectivity index (χ2v) is 15.5. The third kappa shape index (κ3) is 9.26. The van der Waals surface area contributed by atoms with Gasteiger partial charge in [-0.2, -0.15) is 15.4 Å². The lowest BCUT2D eigenvalue weighted by Gasteiger charge is -2.32. The average Bonchev–Trinajstić information content (AvgIpc) is 3.74. The number of rotatable bonds is 14. The Hall–Kier alpha value is -4.63. The summed E-state index contributed by atoms with van der Waals surface area (Å²) >= 11 is 0. The Balaban J connectivity index is 1.40. The van der Waals surface area contributed by atoms with Crippen molar-refractivity contribution in [3.05, 3.63) is 54.5 Å². The van der Waals surface area contributed by atoms with E-state index in [0.717, 1.165) is 0 Å². The Labute approximate surface area is 317 Å². The molecular formula is C36H45N6O12P. The van der Waals surface area contributed by atoms with E-state index >= 15 is 0 Å². The molecule has 18 nitrogen and oxygen atoms in total. The number of benzene rings is 1. The summed E-state index contributed by atoms with van der Waals surface area (Å²) in [4.78, 5) is 44.6. The van der Waals surface area contributed by atoms with Crippen molar-refractivity contribution in [3.63, 3.8) is 0 Å². The molecule has 6 atom stereocenters. The number of hydrogen-bond donors (Lipinski definition) is 2. The number of fused-ring (bicyclic) bond motifs is 1. The number of carbonyl (C=O) groups excluding carboxylic acids is 3. The van der Waals surface area contributed by atoms with Gasteiger partial charge in [-0.25, -0.2) is 14.1 Å². The van der Waals surface area contributed by atoms with Crippen LogP contribution in [0.2, 0.25) is 0 Å². The van der Waals surface area contributed by atoms with Gasteiger partial charge in [-0.1, -0.05) is 18.2 Å². The molecule has 5 heterocycles. The van der Waals surface area contributed by atoms with Gasteiger partial charge in [0.05, 0.1) is 23.6 Å². The third-order valence-corrected chi connectivity index (χ3v) is 11.1. The number of nitrogen functional groups attached to an aromatic ring is 1. The van der Waals surface area contributed by atoms with Crippen LogP contribution < -0.4 is 15.3 Å². The van der Waals surface area contributed by atoms with E-state index in [9.17, 15) is 24.2 Å². The van der Waals surface area contributed by atoms with Crippen LogP contribution in [0.1, 0.15) is 58.3 Å². The quantitative estimate of drug-likeness (QED) is 0.135. The van der Waals surface area contributed by atoms with Crippen LogP contribution in [0.25, 0.3) is 5.52 Å². The van der Waals surface area contributed by atoms with Crippen molar-refractivity contribution in [1.82, 2.24) is 19.7 Å². The first-order valence-corrected chi connectivity index (χ1v) is 19.7. The molecule has 19 heteroatoms. The van der Waals surface area contributed by atoms with E-state index in [1.807, 2.05) is 0 Å². The van der Waals surface area contributed by atoms with Crippen molar-refractivity contribution in [1.29, 1.82) is 5.26 Å². The Kier molecular flexibility index (Phi) is 12.7. The van der Waals surface area contributed by atoms with Crippen LogP contribution in [0.5, 0.6) is 5.75 Å². The number of para-hydroxylation sites is 1. The van der Waals surface area contributed by atoms with Gasteiger partial charge in [0.1, 0.15) is 42.4 Å². The molecule has 3 N–H and O–H groups in total. The van der Waals surface area contributed by atoms with Gasteiger partial charge in [-0.05, 0) is 70.7 Å². The molecule has 3 saturated heterocycles. The second-order valence-electron chi connectivity index (χ2n) is 13.8. The van der Waals surface area contributed by atoms with Crippen molar-refractivity contribution >= 4 is 37.0 Å². The van der Waals surface area contributed by atoms with Crippen LogP contribution in [-0.2, 0) is 51.9 Å². The van der Waals surface area contributed by atoms with Crippen LogP contribution in [0, 0.1) is 23.2 Å². The number of carbonyl (C=O) groups is 3. The monoisotopic (exact) mass is 784 g/mol. The summed E-state index contributed by atoms with van der Waals surface area (Å²) in [5.41, 5.74) is 4.53. The SMILES string of the molecule is CC(C)OC(=O)[C@H](C)NP(=O)(OC[C@@]1(C#N)O[C@@H](c2ccc3c(N)ncnn23)[C@H](OC(=O)C2CCOCC2)[C@@H]1OC(=O)C1CCOCC1)Oc1ccccc1. The number of anilines is 1. The molecule has 0 bridgehead atoms. The van der Waals surface area contributed by atoms with E-state index in [2.05, 4.69) is 21.2 Å². The fourth-order valence-corrected chi connectivity index (χ4v) is 8.08. The highest BCUT2D eigenvalue weighted by atomic mass is 31.2. The molecule has 0 saturated carbocycles. The Morgan fingerprint density at radius 2 is 1.64 bits per heavy atom. The first kappa shape index (κ1) is 40.0. The summed E-state index contributed by atoms with van der Waals surface area (Å²) in [5, 5.41) is 18.0. The number of aromatic nitrogens is 3. The smallest absolute Gasteiger partial charge is 0.459 e. The fraction of sp³-hybridized carbons (Fsp3) is 0.556. The van der Waals surface area contributed by atoms with Gasteiger partial charge >= 0.3 is 25.7 Å². The summed E-state index contributed by atoms with van der Waals surface area (Å²) in [6.45, 7) is 5.19. The number of nitrogens with zero attached hydrogens (tertiary/aromatic N) is 4. The van der Waals surface area contributed by atoms with Gasteiger partial charge in [0.25, 0.3) is 0 Å². The Morgan fingerprint density at radius 1 is 1.00 bits per heavy atom. The number of esters is 3. The van der Waals surface area contributed by atoms with E-state index in [0.29, 0.717) is 57.6 Å².